The fraction of sp³-hybridized carbons (Fsp3) is 0.176. The monoisotopic (exact) mass is 381 g/mol. The zero-order chi connectivity index (χ0) is 19.1. The number of Topliss-reactive ketones (excluding diaryl/α,β-unsaturated/α-hetero) is 2. The van der Waals surface area contributed by atoms with Gasteiger partial charge in [-0.3, -0.25) is 9.59 Å². The van der Waals surface area contributed by atoms with Crippen LogP contribution in [0.15, 0.2) is 36.4 Å². The van der Waals surface area contributed by atoms with Crippen molar-refractivity contribution in [3.63, 3.8) is 0 Å². The average Bonchev–Trinajstić information content (AvgIpc) is 3.00. The Morgan fingerprint density at radius 3 is 2.31 bits per heavy atom. The number of halogens is 4. The van der Waals surface area contributed by atoms with E-state index in [-0.39, 0.29) is 34.5 Å². The van der Waals surface area contributed by atoms with Gasteiger partial charge in [0, 0.05) is 17.2 Å². The van der Waals surface area contributed by atoms with Crippen LogP contribution >= 0.6 is 11.6 Å². The molecule has 1 aromatic carbocycles. The van der Waals surface area contributed by atoms with Crippen LogP contribution in [-0.4, -0.2) is 26.2 Å². The molecular formula is C17H11ClF3N3O2. The van der Waals surface area contributed by atoms with Gasteiger partial charge in [-0.15, -0.1) is 0 Å². The summed E-state index contributed by atoms with van der Waals surface area (Å²) < 4.78 is 39.1. The lowest BCUT2D eigenvalue weighted by atomic mass is 10.0. The number of hydrogen-bond donors (Lipinski definition) is 0. The van der Waals surface area contributed by atoms with Crippen LogP contribution in [0.4, 0.5) is 13.2 Å². The van der Waals surface area contributed by atoms with Gasteiger partial charge in [-0.2, -0.15) is 18.3 Å². The molecule has 134 valence electrons. The highest BCUT2D eigenvalue weighted by molar-refractivity contribution is 6.29. The summed E-state index contributed by atoms with van der Waals surface area (Å²) in [6.45, 7) is 1.42. The van der Waals surface area contributed by atoms with Gasteiger partial charge in [0.1, 0.15) is 5.15 Å². The maximum atomic E-state index is 12.8. The van der Waals surface area contributed by atoms with Gasteiger partial charge < -0.3 is 0 Å². The molecule has 0 N–H and O–H groups in total. The first-order valence-electron chi connectivity index (χ1n) is 7.42. The van der Waals surface area contributed by atoms with Gasteiger partial charge in [0.25, 0.3) is 0 Å². The molecule has 26 heavy (non-hydrogen) atoms. The van der Waals surface area contributed by atoms with Gasteiger partial charge in [-0.1, -0.05) is 35.9 Å². The second kappa shape index (κ2) is 6.53. The molecule has 0 atom stereocenters. The van der Waals surface area contributed by atoms with Crippen LogP contribution in [-0.2, 0) is 12.6 Å². The SMILES string of the molecule is CC(=O)c1ccc(C(=O)Cc2cc(Cl)n3nc(C(F)(F)F)cc3n2)cc1. The van der Waals surface area contributed by atoms with E-state index in [1.807, 2.05) is 0 Å². The van der Waals surface area contributed by atoms with Crippen LogP contribution in [0.3, 0.4) is 0 Å². The van der Waals surface area contributed by atoms with Crippen LogP contribution < -0.4 is 0 Å². The van der Waals surface area contributed by atoms with Crippen molar-refractivity contribution in [1.82, 2.24) is 14.6 Å². The molecule has 0 unspecified atom stereocenters. The largest absolute Gasteiger partial charge is 0.435 e. The minimum atomic E-state index is -4.62. The van der Waals surface area contributed by atoms with Crippen molar-refractivity contribution < 1.29 is 22.8 Å². The molecule has 0 radical (unpaired) electrons. The molecule has 2 aromatic heterocycles. The average molecular weight is 382 g/mol. The Morgan fingerprint density at radius 2 is 1.73 bits per heavy atom. The minimum absolute atomic E-state index is 0.0831. The number of fused-ring (bicyclic) bond motifs is 1. The summed E-state index contributed by atoms with van der Waals surface area (Å²) >= 11 is 5.96. The van der Waals surface area contributed by atoms with Crippen molar-refractivity contribution in [2.75, 3.05) is 0 Å². The van der Waals surface area contributed by atoms with Gasteiger partial charge in [-0.25, -0.2) is 9.50 Å². The third-order valence-electron chi connectivity index (χ3n) is 3.68. The Balaban J connectivity index is 1.88. The smallest absolute Gasteiger partial charge is 0.295 e. The normalized spacial score (nSPS) is 11.7. The van der Waals surface area contributed by atoms with E-state index in [9.17, 15) is 22.8 Å². The summed E-state index contributed by atoms with van der Waals surface area (Å²) in [6.07, 6.45) is -4.77. The van der Waals surface area contributed by atoms with Gasteiger partial charge in [-0.05, 0) is 13.0 Å². The van der Waals surface area contributed by atoms with Crippen molar-refractivity contribution >= 4 is 28.8 Å². The fourth-order valence-corrected chi connectivity index (χ4v) is 2.62. The number of nitrogens with zero attached hydrogens (tertiary/aromatic N) is 3. The molecule has 0 spiro atoms. The molecule has 3 aromatic rings. The molecule has 3 rings (SSSR count). The van der Waals surface area contributed by atoms with Crippen LogP contribution in [0.25, 0.3) is 5.65 Å². The summed E-state index contributed by atoms with van der Waals surface area (Å²) in [5.74, 6) is -0.423. The van der Waals surface area contributed by atoms with E-state index < -0.39 is 11.9 Å². The lowest BCUT2D eigenvalue weighted by Crippen LogP contribution is -2.07. The number of rotatable bonds is 4. The number of alkyl halides is 3. The molecule has 5 nitrogen and oxygen atoms in total. The number of aromatic nitrogens is 3. The third-order valence-corrected chi connectivity index (χ3v) is 3.95. The summed E-state index contributed by atoms with van der Waals surface area (Å²) in [7, 11) is 0. The van der Waals surface area contributed by atoms with Crippen molar-refractivity contribution in [2.45, 2.75) is 19.5 Å². The molecule has 2 heterocycles. The first-order chi connectivity index (χ1) is 12.1. The van der Waals surface area contributed by atoms with E-state index in [0.29, 0.717) is 11.1 Å². The predicted molar refractivity (Wildman–Crippen MR) is 87.5 cm³/mol. The maximum absolute atomic E-state index is 12.8. The number of hydrogen-bond acceptors (Lipinski definition) is 4. The van der Waals surface area contributed by atoms with Crippen LogP contribution in [0.2, 0.25) is 5.15 Å². The molecular weight excluding hydrogens is 371 g/mol. The van der Waals surface area contributed by atoms with Gasteiger partial charge in [0.05, 0.1) is 12.1 Å². The van der Waals surface area contributed by atoms with Crippen molar-refractivity contribution in [1.29, 1.82) is 0 Å². The molecule has 0 aliphatic carbocycles. The Labute approximate surface area is 150 Å². The first kappa shape index (κ1) is 18.1. The lowest BCUT2D eigenvalue weighted by molar-refractivity contribution is -0.141. The topological polar surface area (TPSA) is 64.3 Å². The molecule has 0 fully saturated rings. The Hall–Kier alpha value is -2.74. The lowest BCUT2D eigenvalue weighted by Gasteiger charge is -2.04. The summed E-state index contributed by atoms with van der Waals surface area (Å²) in [6, 6.07) is 8.15. The van der Waals surface area contributed by atoms with E-state index >= 15 is 0 Å². The second-order valence-corrected chi connectivity index (χ2v) is 5.99. The standard InChI is InChI=1S/C17H11ClF3N3O2/c1-9(25)10-2-4-11(5-3-10)13(26)6-12-7-15(18)24-16(22-12)8-14(23-24)17(19,20)21/h2-5,7-8H,6H2,1H3. The van der Waals surface area contributed by atoms with E-state index in [0.717, 1.165) is 10.6 Å². The highest BCUT2D eigenvalue weighted by Gasteiger charge is 2.34. The number of carbonyl (C=O) groups excluding carboxylic acids is 2. The van der Waals surface area contributed by atoms with Crippen molar-refractivity contribution in [3.05, 3.63) is 64.1 Å². The summed E-state index contributed by atoms with van der Waals surface area (Å²) in [4.78, 5) is 27.6. The molecule has 0 aliphatic rings. The van der Waals surface area contributed by atoms with Gasteiger partial charge in [0.2, 0.25) is 0 Å². The minimum Gasteiger partial charge on any atom is -0.295 e. The number of ketones is 2. The van der Waals surface area contributed by atoms with E-state index in [4.69, 9.17) is 11.6 Å². The van der Waals surface area contributed by atoms with Gasteiger partial charge >= 0.3 is 6.18 Å². The highest BCUT2D eigenvalue weighted by atomic mass is 35.5. The maximum Gasteiger partial charge on any atom is 0.435 e. The van der Waals surface area contributed by atoms with Crippen LogP contribution in [0.5, 0.6) is 0 Å². The first-order valence-corrected chi connectivity index (χ1v) is 7.79. The van der Waals surface area contributed by atoms with E-state index in [2.05, 4.69) is 10.1 Å². The van der Waals surface area contributed by atoms with Crippen LogP contribution in [0.1, 0.15) is 39.0 Å². The zero-order valence-corrected chi connectivity index (χ0v) is 14.1. The number of carbonyl (C=O) groups is 2. The molecule has 0 amide bonds. The third kappa shape index (κ3) is 3.60. The predicted octanol–water partition coefficient (Wildman–Crippen LogP) is 4.03. The Morgan fingerprint density at radius 1 is 1.12 bits per heavy atom. The molecule has 0 aliphatic heterocycles. The zero-order valence-electron chi connectivity index (χ0n) is 13.3. The molecule has 9 heteroatoms. The van der Waals surface area contributed by atoms with E-state index in [1.165, 1.54) is 37.3 Å². The fourth-order valence-electron chi connectivity index (χ4n) is 2.37. The Bertz CT molecular complexity index is 1010. The van der Waals surface area contributed by atoms with Crippen molar-refractivity contribution in [3.8, 4) is 0 Å². The second-order valence-electron chi connectivity index (χ2n) is 5.60. The summed E-state index contributed by atoms with van der Waals surface area (Å²) in [5, 5.41) is 3.29. The van der Waals surface area contributed by atoms with Gasteiger partial charge in [0.15, 0.2) is 22.9 Å². The van der Waals surface area contributed by atoms with Crippen LogP contribution in [0, 0.1) is 0 Å². The Kier molecular flexibility index (Phi) is 4.53. The number of benzene rings is 1. The summed E-state index contributed by atoms with van der Waals surface area (Å²) in [5.41, 5.74) is -0.160. The quantitative estimate of drug-likeness (QED) is 0.505. The molecule has 0 saturated carbocycles. The van der Waals surface area contributed by atoms with E-state index in [1.54, 1.807) is 0 Å². The highest BCUT2D eigenvalue weighted by Crippen LogP contribution is 2.29. The molecule has 0 saturated heterocycles. The molecule has 0 bridgehead atoms. The van der Waals surface area contributed by atoms with Crippen molar-refractivity contribution in [2.24, 2.45) is 0 Å².